The Balaban J connectivity index is 2.22. The predicted molar refractivity (Wildman–Crippen MR) is 58.7 cm³/mol. The highest BCUT2D eigenvalue weighted by Crippen LogP contribution is 2.16. The predicted octanol–water partition coefficient (Wildman–Crippen LogP) is 0.670. The van der Waals surface area contributed by atoms with Crippen LogP contribution in [0, 0.1) is 18.3 Å². The lowest BCUT2D eigenvalue weighted by Crippen LogP contribution is -2.56. The van der Waals surface area contributed by atoms with Crippen LogP contribution in [0.1, 0.15) is 11.3 Å². The van der Waals surface area contributed by atoms with Crippen LogP contribution in [0.3, 0.4) is 0 Å². The maximum Gasteiger partial charge on any atom is 0.128 e. The maximum absolute atomic E-state index is 8.80. The second-order valence-corrected chi connectivity index (χ2v) is 3.84. The zero-order chi connectivity index (χ0) is 10.8. The second-order valence-electron chi connectivity index (χ2n) is 3.84. The molecule has 2 heterocycles. The third kappa shape index (κ3) is 1.79. The van der Waals surface area contributed by atoms with Crippen LogP contribution in [0.2, 0.25) is 0 Å². The van der Waals surface area contributed by atoms with E-state index in [0.717, 1.165) is 24.6 Å². The van der Waals surface area contributed by atoms with Crippen molar-refractivity contribution in [3.8, 4) is 6.07 Å². The molecule has 4 heteroatoms. The van der Waals surface area contributed by atoms with E-state index in [1.54, 1.807) is 0 Å². The number of hydrogen-bond donors (Lipinski definition) is 1. The number of anilines is 1. The van der Waals surface area contributed by atoms with E-state index in [-0.39, 0.29) is 0 Å². The molecular weight excluding hydrogens is 188 g/mol. The number of nitrogens with one attached hydrogen (secondary N) is 1. The lowest BCUT2D eigenvalue weighted by Gasteiger charge is -2.36. The third-order valence-corrected chi connectivity index (χ3v) is 2.86. The summed E-state index contributed by atoms with van der Waals surface area (Å²) in [5.74, 6) is 0.943. The van der Waals surface area contributed by atoms with Crippen molar-refractivity contribution in [2.45, 2.75) is 13.0 Å². The fourth-order valence-electron chi connectivity index (χ4n) is 1.60. The van der Waals surface area contributed by atoms with Crippen LogP contribution in [0.4, 0.5) is 5.82 Å². The summed E-state index contributed by atoms with van der Waals surface area (Å²) in [7, 11) is 2.04. The number of aromatic nitrogens is 1. The van der Waals surface area contributed by atoms with Crippen molar-refractivity contribution in [3.05, 3.63) is 23.4 Å². The van der Waals surface area contributed by atoms with Gasteiger partial charge in [-0.25, -0.2) is 4.98 Å². The van der Waals surface area contributed by atoms with Gasteiger partial charge in [0.2, 0.25) is 0 Å². The molecule has 0 aromatic carbocycles. The topological polar surface area (TPSA) is 52.0 Å². The summed E-state index contributed by atoms with van der Waals surface area (Å²) in [5, 5.41) is 12.0. The summed E-state index contributed by atoms with van der Waals surface area (Å²) >= 11 is 0. The molecule has 0 unspecified atom stereocenters. The van der Waals surface area contributed by atoms with Gasteiger partial charge in [-0.15, -0.1) is 0 Å². The van der Waals surface area contributed by atoms with Crippen LogP contribution in [-0.2, 0) is 0 Å². The largest absolute Gasteiger partial charge is 0.354 e. The van der Waals surface area contributed by atoms with Crippen LogP contribution in [0.5, 0.6) is 0 Å². The molecule has 78 valence electrons. The van der Waals surface area contributed by atoms with Crippen molar-refractivity contribution >= 4 is 5.82 Å². The first kappa shape index (κ1) is 9.94. The van der Waals surface area contributed by atoms with Crippen LogP contribution in [-0.4, -0.2) is 31.2 Å². The Kier molecular flexibility index (Phi) is 2.57. The first-order chi connectivity index (χ1) is 7.22. The molecule has 15 heavy (non-hydrogen) atoms. The maximum atomic E-state index is 8.80. The molecule has 1 saturated heterocycles. The molecule has 1 aliphatic heterocycles. The van der Waals surface area contributed by atoms with Crippen LogP contribution in [0.25, 0.3) is 0 Å². The summed E-state index contributed by atoms with van der Waals surface area (Å²) in [6.45, 7) is 3.89. The van der Waals surface area contributed by atoms with Crippen molar-refractivity contribution in [2.75, 3.05) is 25.0 Å². The summed E-state index contributed by atoms with van der Waals surface area (Å²) in [4.78, 5) is 6.58. The number of aryl methyl sites for hydroxylation is 1. The van der Waals surface area contributed by atoms with Crippen LogP contribution < -0.4 is 10.2 Å². The first-order valence-corrected chi connectivity index (χ1v) is 5.03. The quantitative estimate of drug-likeness (QED) is 0.765. The normalized spacial score (nSPS) is 15.5. The molecule has 0 bridgehead atoms. The minimum atomic E-state index is 0.532. The van der Waals surface area contributed by atoms with Crippen LogP contribution in [0.15, 0.2) is 12.1 Å². The standard InChI is InChI=1S/C11H14N4/c1-8-9(5-12)3-4-11(14-8)15(2)10-6-13-7-10/h3-4,10,13H,6-7H2,1-2H3. The van der Waals surface area contributed by atoms with E-state index in [2.05, 4.69) is 21.3 Å². The van der Waals surface area contributed by atoms with E-state index in [9.17, 15) is 0 Å². The summed E-state index contributed by atoms with van der Waals surface area (Å²) in [6.07, 6.45) is 0. The summed E-state index contributed by atoms with van der Waals surface area (Å²) in [6, 6.07) is 6.40. The van der Waals surface area contributed by atoms with Crippen LogP contribution >= 0.6 is 0 Å². The van der Waals surface area contributed by atoms with Gasteiger partial charge in [0.25, 0.3) is 0 Å². The van der Waals surface area contributed by atoms with Crippen molar-refractivity contribution in [3.63, 3.8) is 0 Å². The molecule has 2 rings (SSSR count). The zero-order valence-corrected chi connectivity index (χ0v) is 8.99. The molecule has 1 N–H and O–H groups in total. The highest BCUT2D eigenvalue weighted by Gasteiger charge is 2.22. The van der Waals surface area contributed by atoms with Crippen molar-refractivity contribution in [1.29, 1.82) is 5.26 Å². The first-order valence-electron chi connectivity index (χ1n) is 5.03. The number of hydrogen-bond acceptors (Lipinski definition) is 4. The Morgan fingerprint density at radius 3 is 2.73 bits per heavy atom. The van der Waals surface area contributed by atoms with E-state index in [1.807, 2.05) is 26.1 Å². The lowest BCUT2D eigenvalue weighted by atomic mass is 10.1. The number of rotatable bonds is 2. The average Bonchev–Trinajstić information content (AvgIpc) is 2.15. The van der Waals surface area contributed by atoms with Gasteiger partial charge < -0.3 is 10.2 Å². The molecule has 1 aromatic rings. The average molecular weight is 202 g/mol. The van der Waals surface area contributed by atoms with E-state index >= 15 is 0 Å². The minimum absolute atomic E-state index is 0.532. The van der Waals surface area contributed by atoms with Gasteiger partial charge in [0.05, 0.1) is 17.3 Å². The van der Waals surface area contributed by atoms with Crippen molar-refractivity contribution in [2.24, 2.45) is 0 Å². The monoisotopic (exact) mass is 202 g/mol. The fraction of sp³-hybridized carbons (Fsp3) is 0.455. The lowest BCUT2D eigenvalue weighted by molar-refractivity contribution is 0.426. The van der Waals surface area contributed by atoms with Gasteiger partial charge in [0, 0.05) is 20.1 Å². The van der Waals surface area contributed by atoms with Crippen molar-refractivity contribution < 1.29 is 0 Å². The molecule has 1 aliphatic rings. The third-order valence-electron chi connectivity index (χ3n) is 2.86. The second kappa shape index (κ2) is 3.87. The van der Waals surface area contributed by atoms with E-state index < -0.39 is 0 Å². The Bertz CT molecular complexity index is 404. The molecule has 0 spiro atoms. The van der Waals surface area contributed by atoms with Gasteiger partial charge in [-0.3, -0.25) is 0 Å². The highest BCUT2D eigenvalue weighted by atomic mass is 15.3. The molecule has 0 atom stereocenters. The van der Waals surface area contributed by atoms with E-state index in [4.69, 9.17) is 5.26 Å². The number of nitrogens with zero attached hydrogens (tertiary/aromatic N) is 3. The molecule has 1 aromatic heterocycles. The molecule has 0 saturated carbocycles. The molecule has 0 aliphatic carbocycles. The van der Waals surface area contributed by atoms with E-state index in [0.29, 0.717) is 11.6 Å². The van der Waals surface area contributed by atoms with Crippen molar-refractivity contribution in [1.82, 2.24) is 10.3 Å². The Hall–Kier alpha value is -1.60. The van der Waals surface area contributed by atoms with Gasteiger partial charge >= 0.3 is 0 Å². The van der Waals surface area contributed by atoms with Gasteiger partial charge in [0.15, 0.2) is 0 Å². The zero-order valence-electron chi connectivity index (χ0n) is 8.99. The Morgan fingerprint density at radius 1 is 1.53 bits per heavy atom. The minimum Gasteiger partial charge on any atom is -0.354 e. The fourth-order valence-corrected chi connectivity index (χ4v) is 1.60. The number of likely N-dealkylation sites (N-methyl/N-ethyl adjacent to an activating group) is 1. The van der Waals surface area contributed by atoms with Gasteiger partial charge in [-0.05, 0) is 19.1 Å². The molecule has 1 fully saturated rings. The molecular formula is C11H14N4. The smallest absolute Gasteiger partial charge is 0.128 e. The van der Waals surface area contributed by atoms with E-state index in [1.165, 1.54) is 0 Å². The Labute approximate surface area is 89.5 Å². The number of nitriles is 1. The number of pyridine rings is 1. The van der Waals surface area contributed by atoms with Gasteiger partial charge in [-0.2, -0.15) is 5.26 Å². The summed E-state index contributed by atoms with van der Waals surface area (Å²) < 4.78 is 0. The highest BCUT2D eigenvalue weighted by molar-refractivity contribution is 5.45. The summed E-state index contributed by atoms with van der Waals surface area (Å²) in [5.41, 5.74) is 1.45. The van der Waals surface area contributed by atoms with Gasteiger partial charge in [0.1, 0.15) is 11.9 Å². The molecule has 0 amide bonds. The Morgan fingerprint density at radius 2 is 2.27 bits per heavy atom. The van der Waals surface area contributed by atoms with Gasteiger partial charge in [-0.1, -0.05) is 0 Å². The molecule has 0 radical (unpaired) electrons. The molecule has 4 nitrogen and oxygen atoms in total. The SMILES string of the molecule is Cc1nc(N(C)C2CNC2)ccc1C#N.